The summed E-state index contributed by atoms with van der Waals surface area (Å²) in [6, 6.07) is 0. The molecule has 1 aliphatic rings. The molecule has 2 N–H and O–H groups in total. The summed E-state index contributed by atoms with van der Waals surface area (Å²) in [5.41, 5.74) is 0.674. The van der Waals surface area contributed by atoms with Crippen LogP contribution < -0.4 is 5.32 Å². The van der Waals surface area contributed by atoms with Gasteiger partial charge in [0.15, 0.2) is 0 Å². The van der Waals surface area contributed by atoms with Crippen molar-refractivity contribution in [1.29, 1.82) is 0 Å². The third kappa shape index (κ3) is 0.959. The quantitative estimate of drug-likeness (QED) is 0.327. The molecule has 1 aliphatic heterocycles. The first kappa shape index (κ1) is 5.08. The Balaban J connectivity index is 2.50. The van der Waals surface area contributed by atoms with E-state index in [1.54, 1.807) is 6.34 Å². The molecule has 0 saturated heterocycles. The summed E-state index contributed by atoms with van der Waals surface area (Å²) in [5.74, 6) is 0. The molecule has 0 aromatic carbocycles. The molecule has 4 heteroatoms. The van der Waals surface area contributed by atoms with Crippen LogP contribution in [0, 0.1) is 0 Å². The van der Waals surface area contributed by atoms with Gasteiger partial charge in [0.25, 0.3) is 0 Å². The molecule has 0 fully saturated rings. The van der Waals surface area contributed by atoms with Gasteiger partial charge in [0.05, 0.1) is 25.1 Å². The Bertz CT molecular complexity index is 129. The van der Waals surface area contributed by atoms with E-state index < -0.39 is 0 Å². The largest absolute Gasteiger partial charge is 0.411 e. The Hall–Kier alpha value is -1.06. The highest BCUT2D eigenvalue weighted by Gasteiger charge is 1.99. The third-order valence-electron chi connectivity index (χ3n) is 0.904. The molecule has 0 amide bonds. The van der Waals surface area contributed by atoms with Crippen LogP contribution >= 0.6 is 0 Å². The highest BCUT2D eigenvalue weighted by atomic mass is 16.4. The molecule has 1 rings (SSSR count). The average Bonchev–Trinajstić information content (AvgIpc) is 1.90. The van der Waals surface area contributed by atoms with Gasteiger partial charge in [-0.05, 0) is 0 Å². The maximum atomic E-state index is 8.17. The minimum absolute atomic E-state index is 0.517. The van der Waals surface area contributed by atoms with Crippen LogP contribution in [0.4, 0.5) is 0 Å². The number of rotatable bonds is 0. The van der Waals surface area contributed by atoms with E-state index >= 15 is 0 Å². The number of hydrogen-bond acceptors (Lipinski definition) is 4. The molecule has 0 spiro atoms. The first-order valence-electron chi connectivity index (χ1n) is 2.35. The normalized spacial score (nSPS) is 23.2. The summed E-state index contributed by atoms with van der Waals surface area (Å²) in [7, 11) is 0. The van der Waals surface area contributed by atoms with Gasteiger partial charge in [-0.1, -0.05) is 5.16 Å². The number of oxime groups is 1. The lowest BCUT2D eigenvalue weighted by atomic mass is 10.3. The Kier molecular flexibility index (Phi) is 1.46. The van der Waals surface area contributed by atoms with Crippen LogP contribution in [0.3, 0.4) is 0 Å². The number of nitrogens with one attached hydrogen (secondary N) is 1. The minimum atomic E-state index is 0.517. The van der Waals surface area contributed by atoms with Crippen molar-refractivity contribution >= 4 is 12.1 Å². The summed E-state index contributed by atoms with van der Waals surface area (Å²) in [6.45, 7) is 1.13. The van der Waals surface area contributed by atoms with Gasteiger partial charge in [-0.25, -0.2) is 0 Å². The summed E-state index contributed by atoms with van der Waals surface area (Å²) >= 11 is 0. The van der Waals surface area contributed by atoms with E-state index in [0.717, 1.165) is 0 Å². The van der Waals surface area contributed by atoms with Crippen molar-refractivity contribution in [3.63, 3.8) is 0 Å². The van der Waals surface area contributed by atoms with Gasteiger partial charge in [-0.3, -0.25) is 4.99 Å². The van der Waals surface area contributed by atoms with E-state index in [9.17, 15) is 0 Å². The molecule has 4 nitrogen and oxygen atoms in total. The maximum absolute atomic E-state index is 8.17. The van der Waals surface area contributed by atoms with E-state index in [0.29, 0.717) is 18.8 Å². The van der Waals surface area contributed by atoms with E-state index in [1.165, 1.54) is 0 Å². The van der Waals surface area contributed by atoms with Crippen LogP contribution in [-0.2, 0) is 0 Å². The number of aliphatic imine (C=N–C) groups is 1. The molecule has 0 atom stereocenters. The Morgan fingerprint density at radius 2 is 2.75 bits per heavy atom. The number of hydrogen-bond donors (Lipinski definition) is 2. The second kappa shape index (κ2) is 2.30. The van der Waals surface area contributed by atoms with Crippen LogP contribution in [-0.4, -0.2) is 30.3 Å². The minimum Gasteiger partial charge on any atom is -0.411 e. The maximum Gasteiger partial charge on any atom is 0.0975 e. The molecule has 1 heterocycles. The first-order chi connectivity index (χ1) is 3.93. The Morgan fingerprint density at radius 3 is 3.12 bits per heavy atom. The van der Waals surface area contributed by atoms with Crippen LogP contribution in [0.15, 0.2) is 10.1 Å². The SMILES string of the molecule is O/N=C1/CN=CNC1. The third-order valence-corrected chi connectivity index (χ3v) is 0.904. The van der Waals surface area contributed by atoms with E-state index in [4.69, 9.17) is 5.21 Å². The number of nitrogens with zero attached hydrogens (tertiary/aromatic N) is 2. The second-order valence-electron chi connectivity index (χ2n) is 1.52. The smallest absolute Gasteiger partial charge is 0.0975 e. The van der Waals surface area contributed by atoms with Gasteiger partial charge in [0.2, 0.25) is 0 Å². The Labute approximate surface area is 46.9 Å². The van der Waals surface area contributed by atoms with Crippen molar-refractivity contribution in [3.8, 4) is 0 Å². The molecular weight excluding hydrogens is 106 g/mol. The van der Waals surface area contributed by atoms with Gasteiger partial charge < -0.3 is 10.5 Å². The Morgan fingerprint density at radius 1 is 1.88 bits per heavy atom. The predicted octanol–water partition coefficient (Wildman–Crippen LogP) is -0.552. The molecule has 0 bridgehead atoms. The highest BCUT2D eigenvalue weighted by molar-refractivity contribution is 5.91. The predicted molar refractivity (Wildman–Crippen MR) is 30.6 cm³/mol. The highest BCUT2D eigenvalue weighted by Crippen LogP contribution is 1.80. The van der Waals surface area contributed by atoms with Crippen molar-refractivity contribution in [2.24, 2.45) is 10.1 Å². The standard InChI is InChI=1S/C4H7N3O/c8-7-4-1-5-3-6-2-4/h3,8H,1-2H2,(H,5,6). The molecule has 0 aromatic heterocycles. The zero-order valence-electron chi connectivity index (χ0n) is 4.33. The molecule has 0 unspecified atom stereocenters. The zero-order chi connectivity index (χ0) is 5.82. The topological polar surface area (TPSA) is 57.0 Å². The molecule has 8 heavy (non-hydrogen) atoms. The fourth-order valence-corrected chi connectivity index (χ4v) is 0.502. The summed E-state index contributed by atoms with van der Waals surface area (Å²) in [5, 5.41) is 14.0. The summed E-state index contributed by atoms with van der Waals surface area (Å²) < 4.78 is 0. The van der Waals surface area contributed by atoms with Crippen LogP contribution in [0.1, 0.15) is 0 Å². The lowest BCUT2D eigenvalue weighted by Crippen LogP contribution is -2.28. The van der Waals surface area contributed by atoms with Crippen molar-refractivity contribution in [2.45, 2.75) is 0 Å². The average molecular weight is 113 g/mol. The molecule has 0 aromatic rings. The van der Waals surface area contributed by atoms with Gasteiger partial charge >= 0.3 is 0 Å². The van der Waals surface area contributed by atoms with Crippen molar-refractivity contribution < 1.29 is 5.21 Å². The van der Waals surface area contributed by atoms with Crippen LogP contribution in [0.5, 0.6) is 0 Å². The van der Waals surface area contributed by atoms with Gasteiger partial charge in [0.1, 0.15) is 0 Å². The van der Waals surface area contributed by atoms with Crippen molar-refractivity contribution in [3.05, 3.63) is 0 Å². The van der Waals surface area contributed by atoms with Crippen molar-refractivity contribution in [2.75, 3.05) is 13.1 Å². The van der Waals surface area contributed by atoms with Crippen LogP contribution in [0.2, 0.25) is 0 Å². The molecular formula is C4H7N3O. The molecule has 44 valence electrons. The summed E-state index contributed by atoms with van der Waals surface area (Å²) in [6.07, 6.45) is 1.61. The van der Waals surface area contributed by atoms with Crippen LogP contribution in [0.25, 0.3) is 0 Å². The van der Waals surface area contributed by atoms with E-state index in [2.05, 4.69) is 15.5 Å². The lowest BCUT2D eigenvalue weighted by molar-refractivity contribution is 0.317. The van der Waals surface area contributed by atoms with Gasteiger partial charge in [-0.2, -0.15) is 0 Å². The fraction of sp³-hybridized carbons (Fsp3) is 0.500. The lowest BCUT2D eigenvalue weighted by Gasteiger charge is -2.04. The second-order valence-corrected chi connectivity index (χ2v) is 1.52. The fourth-order valence-electron chi connectivity index (χ4n) is 0.502. The molecule has 0 radical (unpaired) electrons. The van der Waals surface area contributed by atoms with Gasteiger partial charge in [-0.15, -0.1) is 0 Å². The van der Waals surface area contributed by atoms with E-state index in [1.807, 2.05) is 0 Å². The van der Waals surface area contributed by atoms with Crippen molar-refractivity contribution in [1.82, 2.24) is 5.32 Å². The summed E-state index contributed by atoms with van der Waals surface area (Å²) in [4.78, 5) is 3.80. The molecule has 0 aliphatic carbocycles. The first-order valence-corrected chi connectivity index (χ1v) is 2.35. The zero-order valence-corrected chi connectivity index (χ0v) is 4.33. The van der Waals surface area contributed by atoms with E-state index in [-0.39, 0.29) is 0 Å². The van der Waals surface area contributed by atoms with Gasteiger partial charge in [0, 0.05) is 0 Å². The monoisotopic (exact) mass is 113 g/mol. The molecule has 0 saturated carbocycles.